The number of nitrogens with zero attached hydrogens (tertiary/aromatic N) is 4. The van der Waals surface area contributed by atoms with Crippen LogP contribution in [0.25, 0.3) is 0 Å². The molecule has 4 fully saturated rings. The molecule has 0 unspecified atom stereocenters. The molecule has 6 atom stereocenters. The normalized spacial score (nSPS) is 31.8. The summed E-state index contributed by atoms with van der Waals surface area (Å²) in [6.45, 7) is 0. The van der Waals surface area contributed by atoms with Crippen LogP contribution in [-0.2, 0) is 19.2 Å². The maximum Gasteiger partial charge on any atom is 0.248 e. The van der Waals surface area contributed by atoms with Gasteiger partial charge in [-0.1, -0.05) is 24.3 Å². The number of rotatable bonds is 4. The molecule has 4 amide bonds. The summed E-state index contributed by atoms with van der Waals surface area (Å²) in [5.74, 6) is -1.39. The number of hydrogen-bond donors (Lipinski definition) is 0. The first-order valence-electron chi connectivity index (χ1n) is 11.8. The minimum Gasteiger partial charge on any atom is -0.497 e. The number of ether oxygens (including phenoxy) is 2. The third-order valence-electron chi connectivity index (χ3n) is 8.08. The van der Waals surface area contributed by atoms with Crippen molar-refractivity contribution < 1.29 is 28.7 Å². The van der Waals surface area contributed by atoms with Crippen LogP contribution in [0.5, 0.6) is 11.5 Å². The molecule has 4 saturated heterocycles. The molecule has 0 N–H and O–H groups in total. The van der Waals surface area contributed by atoms with Gasteiger partial charge in [-0.3, -0.25) is 29.0 Å². The molecule has 2 aromatic rings. The molecule has 0 saturated carbocycles. The van der Waals surface area contributed by atoms with Crippen molar-refractivity contribution in [3.8, 4) is 11.5 Å². The van der Waals surface area contributed by atoms with Gasteiger partial charge in [0.2, 0.25) is 23.6 Å². The van der Waals surface area contributed by atoms with E-state index in [0.717, 1.165) is 20.9 Å². The van der Waals surface area contributed by atoms with E-state index in [9.17, 15) is 19.2 Å². The zero-order valence-corrected chi connectivity index (χ0v) is 20.3. The predicted molar refractivity (Wildman–Crippen MR) is 125 cm³/mol. The minimum absolute atomic E-state index is 0.296. The summed E-state index contributed by atoms with van der Waals surface area (Å²) in [4.78, 5) is 56.1. The van der Waals surface area contributed by atoms with Crippen molar-refractivity contribution in [3.05, 3.63) is 59.7 Å². The average molecular weight is 491 g/mol. The van der Waals surface area contributed by atoms with E-state index in [1.807, 2.05) is 34.3 Å². The lowest BCUT2D eigenvalue weighted by atomic mass is 9.84. The third-order valence-corrected chi connectivity index (χ3v) is 8.08. The van der Waals surface area contributed by atoms with E-state index in [-0.39, 0.29) is 23.6 Å². The molecule has 4 heterocycles. The van der Waals surface area contributed by atoms with Crippen LogP contribution in [0.4, 0.5) is 0 Å². The standard InChI is InChI=1S/C26H26N4O6/c1-27-23(31)17-19(13-5-9-15(35-3)10-6-13)30-22-18(24(32)28(2)26(22)34)20(29(30)21(17)25(27)33)14-7-11-16(36-4)12-8-14/h5-12,17-22H,1-4H3/t17-,18+,19+,20-,21-,22+. The summed E-state index contributed by atoms with van der Waals surface area (Å²) < 4.78 is 10.6. The first-order valence-corrected chi connectivity index (χ1v) is 11.8. The van der Waals surface area contributed by atoms with Crippen LogP contribution in [0.1, 0.15) is 23.2 Å². The zero-order valence-electron chi connectivity index (χ0n) is 20.3. The van der Waals surface area contributed by atoms with Crippen LogP contribution in [-0.4, -0.2) is 83.8 Å². The second kappa shape index (κ2) is 7.87. The molecular weight excluding hydrogens is 464 g/mol. The van der Waals surface area contributed by atoms with Gasteiger partial charge in [-0.15, -0.1) is 0 Å². The fourth-order valence-corrected chi connectivity index (χ4v) is 6.38. The van der Waals surface area contributed by atoms with Gasteiger partial charge in [0, 0.05) is 14.1 Å². The fourth-order valence-electron chi connectivity index (χ4n) is 6.38. The molecule has 10 heteroatoms. The number of amides is 4. The van der Waals surface area contributed by atoms with Crippen molar-refractivity contribution in [2.75, 3.05) is 28.3 Å². The van der Waals surface area contributed by atoms with Gasteiger partial charge >= 0.3 is 0 Å². The molecule has 0 aromatic heterocycles. The molecule has 4 aliphatic heterocycles. The largest absolute Gasteiger partial charge is 0.497 e. The number of hydrazine groups is 1. The van der Waals surface area contributed by atoms with Gasteiger partial charge in [0.05, 0.1) is 38.1 Å². The van der Waals surface area contributed by atoms with Crippen LogP contribution in [0.3, 0.4) is 0 Å². The van der Waals surface area contributed by atoms with E-state index in [4.69, 9.17) is 9.47 Å². The minimum atomic E-state index is -0.821. The second-order valence-corrected chi connectivity index (χ2v) is 9.61. The van der Waals surface area contributed by atoms with Crippen LogP contribution in [0.15, 0.2) is 48.5 Å². The van der Waals surface area contributed by atoms with Crippen molar-refractivity contribution in [1.82, 2.24) is 19.8 Å². The second-order valence-electron chi connectivity index (χ2n) is 9.61. The Labute approximate surface area is 207 Å². The molecule has 0 spiro atoms. The van der Waals surface area contributed by atoms with E-state index >= 15 is 0 Å². The molecule has 186 valence electrons. The first kappa shape index (κ1) is 22.7. The Hall–Kier alpha value is -3.76. The highest BCUT2D eigenvalue weighted by Crippen LogP contribution is 2.58. The highest BCUT2D eigenvalue weighted by Gasteiger charge is 2.72. The molecular formula is C26H26N4O6. The van der Waals surface area contributed by atoms with E-state index in [1.165, 1.54) is 14.1 Å². The number of fused-ring (bicyclic) bond motifs is 5. The Balaban J connectivity index is 1.55. The summed E-state index contributed by atoms with van der Waals surface area (Å²) in [7, 11) is 6.11. The number of carbonyl (C=O) groups excluding carboxylic acids is 4. The van der Waals surface area contributed by atoms with Crippen LogP contribution < -0.4 is 9.47 Å². The van der Waals surface area contributed by atoms with Gasteiger partial charge in [-0.05, 0) is 35.4 Å². The van der Waals surface area contributed by atoms with E-state index in [0.29, 0.717) is 11.5 Å². The van der Waals surface area contributed by atoms with Crippen molar-refractivity contribution in [2.45, 2.75) is 24.2 Å². The smallest absolute Gasteiger partial charge is 0.248 e. The van der Waals surface area contributed by atoms with E-state index in [1.54, 1.807) is 38.5 Å². The monoisotopic (exact) mass is 490 g/mol. The number of likely N-dealkylation sites (N-methyl/N-ethyl adjacent to an activating group) is 2. The van der Waals surface area contributed by atoms with Crippen molar-refractivity contribution in [1.29, 1.82) is 0 Å². The van der Waals surface area contributed by atoms with Gasteiger partial charge in [0.25, 0.3) is 0 Å². The number of hydrogen-bond acceptors (Lipinski definition) is 8. The molecule has 36 heavy (non-hydrogen) atoms. The maximum atomic E-state index is 13.5. The summed E-state index contributed by atoms with van der Waals surface area (Å²) in [5, 5.41) is 3.67. The Morgan fingerprint density at radius 1 is 0.528 bits per heavy atom. The number of benzene rings is 2. The molecule has 2 aromatic carbocycles. The Morgan fingerprint density at radius 2 is 0.861 bits per heavy atom. The maximum absolute atomic E-state index is 13.5. The van der Waals surface area contributed by atoms with Gasteiger partial charge < -0.3 is 9.47 Å². The lowest BCUT2D eigenvalue weighted by Gasteiger charge is -2.35. The highest BCUT2D eigenvalue weighted by atomic mass is 16.5. The third kappa shape index (κ3) is 2.79. The fraction of sp³-hybridized carbons (Fsp3) is 0.385. The lowest BCUT2D eigenvalue weighted by Crippen LogP contribution is -2.49. The molecule has 4 aliphatic rings. The van der Waals surface area contributed by atoms with Gasteiger partial charge in [0.15, 0.2) is 0 Å². The quantitative estimate of drug-likeness (QED) is 0.586. The predicted octanol–water partition coefficient (Wildman–Crippen LogP) is 0.999. The highest BCUT2D eigenvalue weighted by molar-refractivity contribution is 6.10. The van der Waals surface area contributed by atoms with Crippen LogP contribution in [0.2, 0.25) is 0 Å². The summed E-state index contributed by atoms with van der Waals surface area (Å²) in [6, 6.07) is 11.7. The Morgan fingerprint density at radius 3 is 1.17 bits per heavy atom. The molecule has 0 aliphatic carbocycles. The van der Waals surface area contributed by atoms with Crippen LogP contribution >= 0.6 is 0 Å². The Kier molecular flexibility index (Phi) is 4.96. The first-order chi connectivity index (χ1) is 17.3. The van der Waals surface area contributed by atoms with Crippen molar-refractivity contribution in [2.24, 2.45) is 11.8 Å². The molecule has 0 bridgehead atoms. The molecule has 6 rings (SSSR count). The topological polar surface area (TPSA) is 99.7 Å². The number of methoxy groups -OCH3 is 2. The van der Waals surface area contributed by atoms with Gasteiger partial charge in [-0.2, -0.15) is 0 Å². The van der Waals surface area contributed by atoms with E-state index in [2.05, 4.69) is 0 Å². The van der Waals surface area contributed by atoms with E-state index < -0.39 is 36.0 Å². The van der Waals surface area contributed by atoms with Crippen LogP contribution in [0, 0.1) is 11.8 Å². The lowest BCUT2D eigenvalue weighted by molar-refractivity contribution is -0.151. The van der Waals surface area contributed by atoms with Crippen molar-refractivity contribution in [3.63, 3.8) is 0 Å². The molecule has 10 nitrogen and oxygen atoms in total. The van der Waals surface area contributed by atoms with Gasteiger partial charge in [0.1, 0.15) is 23.6 Å². The average Bonchev–Trinajstić information content (AvgIpc) is 3.55. The number of carbonyl (C=O) groups is 4. The van der Waals surface area contributed by atoms with Crippen molar-refractivity contribution >= 4 is 23.6 Å². The zero-order chi connectivity index (χ0) is 25.5. The number of imide groups is 2. The Bertz CT molecular complexity index is 1180. The summed E-state index contributed by atoms with van der Waals surface area (Å²) in [6.07, 6.45) is 0. The van der Waals surface area contributed by atoms with Gasteiger partial charge in [-0.25, -0.2) is 10.0 Å². The summed E-state index contributed by atoms with van der Waals surface area (Å²) >= 11 is 0. The number of likely N-dealkylation sites (tertiary alicyclic amines) is 2. The SMILES string of the molecule is COc1ccc([C@@H]2[C@@H]3C(=O)N(C)C(=O)[C@H]3N3[C@@H](c4ccc(OC)cc4)[C@H]4C(=O)N(C)C(=O)[C@@H]4N23)cc1. The summed E-state index contributed by atoms with van der Waals surface area (Å²) in [5.41, 5.74) is 1.54. The molecule has 0 radical (unpaired) electrons.